The van der Waals surface area contributed by atoms with Crippen LogP contribution in [0.3, 0.4) is 0 Å². The Balaban J connectivity index is 2.93. The second-order valence-electron chi connectivity index (χ2n) is 8.52. The van der Waals surface area contributed by atoms with Gasteiger partial charge in [0.2, 0.25) is 23.6 Å². The summed E-state index contributed by atoms with van der Waals surface area (Å²) in [5.41, 5.74) is 16.6. The maximum atomic E-state index is 13.2. The molecule has 0 saturated carbocycles. The zero-order valence-corrected chi connectivity index (χ0v) is 19.4. The first-order valence-corrected chi connectivity index (χ1v) is 11.4. The van der Waals surface area contributed by atoms with Gasteiger partial charge < -0.3 is 37.8 Å². The van der Waals surface area contributed by atoms with Crippen molar-refractivity contribution in [2.75, 3.05) is 13.1 Å². The minimum Gasteiger partial charge on any atom is -0.480 e. The van der Waals surface area contributed by atoms with E-state index in [9.17, 15) is 29.1 Å². The van der Waals surface area contributed by atoms with Crippen LogP contribution in [0.25, 0.3) is 0 Å². The predicted molar refractivity (Wildman–Crippen MR) is 120 cm³/mol. The molecular weight excluding hydrogens is 432 g/mol. The summed E-state index contributed by atoms with van der Waals surface area (Å²) in [6, 6.07) is -4.15. The van der Waals surface area contributed by atoms with Crippen LogP contribution in [0.2, 0.25) is 0 Å². The van der Waals surface area contributed by atoms with Gasteiger partial charge in [-0.3, -0.25) is 19.2 Å². The second kappa shape index (κ2) is 13.7. The third-order valence-electron chi connectivity index (χ3n) is 5.94. The topological polar surface area (TPSA) is 211 Å². The largest absolute Gasteiger partial charge is 0.480 e. The lowest BCUT2D eigenvalue weighted by atomic mass is 9.98. The zero-order valence-electron chi connectivity index (χ0n) is 19.4. The molecule has 0 aromatic carbocycles. The van der Waals surface area contributed by atoms with Gasteiger partial charge in [0, 0.05) is 6.54 Å². The van der Waals surface area contributed by atoms with Crippen LogP contribution in [0.1, 0.15) is 58.8 Å². The van der Waals surface area contributed by atoms with E-state index in [1.54, 1.807) is 6.92 Å². The van der Waals surface area contributed by atoms with Crippen molar-refractivity contribution in [3.8, 4) is 0 Å². The second-order valence-corrected chi connectivity index (χ2v) is 8.52. The van der Waals surface area contributed by atoms with Crippen molar-refractivity contribution in [2.45, 2.75) is 83.0 Å². The third kappa shape index (κ3) is 8.61. The maximum absolute atomic E-state index is 13.2. The van der Waals surface area contributed by atoms with Gasteiger partial charge in [0.15, 0.2) is 0 Å². The van der Waals surface area contributed by atoms with Gasteiger partial charge in [-0.15, -0.1) is 0 Å². The van der Waals surface area contributed by atoms with E-state index in [0.29, 0.717) is 45.1 Å². The molecule has 0 spiro atoms. The Kier molecular flexibility index (Phi) is 11.8. The van der Waals surface area contributed by atoms with Gasteiger partial charge in [-0.25, -0.2) is 4.79 Å². The number of primary amides is 1. The number of nitrogens with zero attached hydrogens (tertiary/aromatic N) is 1. The molecule has 188 valence electrons. The number of carboxylic acid groups (broad SMARTS) is 1. The summed E-state index contributed by atoms with van der Waals surface area (Å²) in [5, 5.41) is 14.4. The number of unbranched alkanes of at least 4 members (excludes halogenated alkanes) is 1. The third-order valence-corrected chi connectivity index (χ3v) is 5.94. The maximum Gasteiger partial charge on any atom is 0.326 e. The summed E-state index contributed by atoms with van der Waals surface area (Å²) < 4.78 is 0. The van der Waals surface area contributed by atoms with E-state index in [1.165, 1.54) is 4.90 Å². The molecule has 0 aliphatic carbocycles. The summed E-state index contributed by atoms with van der Waals surface area (Å²) in [6.45, 7) is 4.23. The van der Waals surface area contributed by atoms with Gasteiger partial charge >= 0.3 is 5.97 Å². The molecule has 0 aromatic heterocycles. The van der Waals surface area contributed by atoms with Crippen LogP contribution in [0, 0.1) is 5.92 Å². The van der Waals surface area contributed by atoms with Crippen molar-refractivity contribution in [3.63, 3.8) is 0 Å². The van der Waals surface area contributed by atoms with Gasteiger partial charge in [-0.2, -0.15) is 0 Å². The lowest BCUT2D eigenvalue weighted by Crippen LogP contribution is -2.58. The molecule has 12 heteroatoms. The van der Waals surface area contributed by atoms with E-state index in [2.05, 4.69) is 10.6 Å². The van der Waals surface area contributed by atoms with Gasteiger partial charge in [0.1, 0.15) is 18.1 Å². The summed E-state index contributed by atoms with van der Waals surface area (Å²) >= 11 is 0. The number of rotatable bonds is 14. The van der Waals surface area contributed by atoms with Crippen molar-refractivity contribution in [3.05, 3.63) is 0 Å². The van der Waals surface area contributed by atoms with Crippen LogP contribution >= 0.6 is 0 Å². The van der Waals surface area contributed by atoms with Crippen molar-refractivity contribution in [2.24, 2.45) is 23.1 Å². The zero-order chi connectivity index (χ0) is 25.1. The molecule has 1 heterocycles. The monoisotopic (exact) mass is 470 g/mol. The van der Waals surface area contributed by atoms with E-state index in [0.717, 1.165) is 0 Å². The Hall–Kier alpha value is -2.73. The van der Waals surface area contributed by atoms with E-state index in [4.69, 9.17) is 17.2 Å². The molecule has 5 atom stereocenters. The van der Waals surface area contributed by atoms with Crippen LogP contribution in [-0.4, -0.2) is 76.9 Å². The molecule has 1 aliphatic rings. The standard InChI is InChI=1S/C21H38N6O6/c1-3-12(2)17(21(32)33)26-19(30)15-8-6-10-27(15)20(31)14(11-16(24)28)25-18(29)13(23)7-4-5-9-22/h12-15,17H,3-11,22-23H2,1-2H3,(H2,24,28)(H,25,29)(H,26,30)(H,32,33). The fourth-order valence-corrected chi connectivity index (χ4v) is 3.76. The predicted octanol–water partition coefficient (Wildman–Crippen LogP) is -1.59. The summed E-state index contributed by atoms with van der Waals surface area (Å²) in [5.74, 6) is -4.08. The quantitative estimate of drug-likeness (QED) is 0.162. The number of carboxylic acids is 1. The highest BCUT2D eigenvalue weighted by Gasteiger charge is 2.40. The molecule has 12 nitrogen and oxygen atoms in total. The van der Waals surface area contributed by atoms with Crippen LogP contribution in [0.5, 0.6) is 0 Å². The van der Waals surface area contributed by atoms with Crippen molar-refractivity contribution in [1.82, 2.24) is 15.5 Å². The number of amides is 4. The number of hydrogen-bond acceptors (Lipinski definition) is 7. The number of nitrogens with two attached hydrogens (primary N) is 3. The lowest BCUT2D eigenvalue weighted by molar-refractivity contribution is -0.146. The Labute approximate surface area is 194 Å². The summed E-state index contributed by atoms with van der Waals surface area (Å²) in [7, 11) is 0. The fraction of sp³-hybridized carbons (Fsp3) is 0.762. The number of nitrogens with one attached hydrogen (secondary N) is 2. The van der Waals surface area contributed by atoms with Gasteiger partial charge in [-0.1, -0.05) is 26.7 Å². The SMILES string of the molecule is CCC(C)C(NC(=O)C1CCCN1C(=O)C(CC(N)=O)NC(=O)C(N)CCCCN)C(=O)O. The highest BCUT2D eigenvalue weighted by Crippen LogP contribution is 2.20. The Morgan fingerprint density at radius 3 is 2.36 bits per heavy atom. The van der Waals surface area contributed by atoms with E-state index in [1.807, 2.05) is 6.92 Å². The molecule has 0 radical (unpaired) electrons. The molecule has 0 bridgehead atoms. The molecule has 4 amide bonds. The van der Waals surface area contributed by atoms with Gasteiger partial charge in [-0.05, 0) is 38.1 Å². The minimum atomic E-state index is -1.27. The Morgan fingerprint density at radius 2 is 1.82 bits per heavy atom. The molecule has 1 fully saturated rings. The minimum absolute atomic E-state index is 0.228. The van der Waals surface area contributed by atoms with Gasteiger partial charge in [0.25, 0.3) is 0 Å². The van der Waals surface area contributed by atoms with Crippen molar-refractivity contribution in [1.29, 1.82) is 0 Å². The van der Waals surface area contributed by atoms with E-state index >= 15 is 0 Å². The molecular formula is C21H38N6O6. The smallest absolute Gasteiger partial charge is 0.326 e. The molecule has 9 N–H and O–H groups in total. The average Bonchev–Trinajstić information content (AvgIpc) is 3.25. The number of carbonyl (C=O) groups excluding carboxylic acids is 4. The van der Waals surface area contributed by atoms with Crippen LogP contribution in [0.15, 0.2) is 0 Å². The molecule has 0 aromatic rings. The number of likely N-dealkylation sites (tertiary alicyclic amines) is 1. The van der Waals surface area contributed by atoms with Crippen LogP contribution < -0.4 is 27.8 Å². The average molecular weight is 471 g/mol. The van der Waals surface area contributed by atoms with Crippen molar-refractivity contribution < 1.29 is 29.1 Å². The molecule has 1 saturated heterocycles. The highest BCUT2D eigenvalue weighted by molar-refractivity contribution is 5.96. The van der Waals surface area contributed by atoms with E-state index in [-0.39, 0.29) is 12.5 Å². The highest BCUT2D eigenvalue weighted by atomic mass is 16.4. The number of aliphatic carboxylic acids is 1. The first-order valence-electron chi connectivity index (χ1n) is 11.4. The Bertz CT molecular complexity index is 717. The first-order chi connectivity index (χ1) is 15.5. The van der Waals surface area contributed by atoms with Gasteiger partial charge in [0.05, 0.1) is 12.5 Å². The molecule has 33 heavy (non-hydrogen) atoms. The molecule has 5 unspecified atom stereocenters. The first kappa shape index (κ1) is 28.3. The number of hydrogen-bond donors (Lipinski definition) is 6. The molecule has 1 rings (SSSR count). The van der Waals surface area contributed by atoms with Crippen molar-refractivity contribution >= 4 is 29.6 Å². The normalized spacial score (nSPS) is 19.3. The summed E-state index contributed by atoms with van der Waals surface area (Å²) in [4.78, 5) is 62.8. The van der Waals surface area contributed by atoms with E-state index < -0.39 is 60.2 Å². The molecule has 1 aliphatic heterocycles. The van der Waals surface area contributed by atoms with Crippen LogP contribution in [-0.2, 0) is 24.0 Å². The number of carbonyl (C=O) groups is 5. The summed E-state index contributed by atoms with van der Waals surface area (Å²) in [6.07, 6.45) is 2.64. The Morgan fingerprint density at radius 1 is 1.15 bits per heavy atom. The van der Waals surface area contributed by atoms with Crippen LogP contribution in [0.4, 0.5) is 0 Å². The fourth-order valence-electron chi connectivity index (χ4n) is 3.76. The lowest BCUT2D eigenvalue weighted by Gasteiger charge is -2.30.